The van der Waals surface area contributed by atoms with Gasteiger partial charge >= 0.3 is 0 Å². The second-order valence-corrected chi connectivity index (χ2v) is 7.96. The van der Waals surface area contributed by atoms with Gasteiger partial charge in [-0.2, -0.15) is 0 Å². The summed E-state index contributed by atoms with van der Waals surface area (Å²) in [5, 5.41) is 6.23. The number of rotatable bonds is 5. The number of carbonyl (C=O) groups is 3. The number of likely N-dealkylation sites (tertiary alicyclic amines) is 1. The Morgan fingerprint density at radius 2 is 2.04 bits per heavy atom. The lowest BCUT2D eigenvalue weighted by Gasteiger charge is -2.32. The summed E-state index contributed by atoms with van der Waals surface area (Å²) in [6.07, 6.45) is 3.91. The number of hydrogen-bond donors (Lipinski definition) is 2. The van der Waals surface area contributed by atoms with Crippen molar-refractivity contribution in [3.8, 4) is 0 Å². The van der Waals surface area contributed by atoms with Crippen LogP contribution in [0.2, 0.25) is 0 Å². The van der Waals surface area contributed by atoms with Gasteiger partial charge in [0.2, 0.25) is 5.91 Å². The highest BCUT2D eigenvalue weighted by Crippen LogP contribution is 2.23. The van der Waals surface area contributed by atoms with Gasteiger partial charge in [0.1, 0.15) is 0 Å². The standard InChI is InChI=1S/C18H25N3O3S/c1-12(22)15-6-7-16(25-15)18(24)21-9-3-4-13(11-21)10-20-17(23)14-5-2-8-19-14/h6-7,13-14,19H,2-5,8-11H2,1H3,(H,20,23). The van der Waals surface area contributed by atoms with E-state index in [2.05, 4.69) is 10.6 Å². The first-order valence-electron chi connectivity index (χ1n) is 8.95. The summed E-state index contributed by atoms with van der Waals surface area (Å²) in [5.41, 5.74) is 0. The Hall–Kier alpha value is -1.73. The lowest BCUT2D eigenvalue weighted by atomic mass is 9.97. The predicted molar refractivity (Wildman–Crippen MR) is 97.0 cm³/mol. The molecule has 3 heterocycles. The number of thiophene rings is 1. The van der Waals surface area contributed by atoms with Gasteiger partial charge in [-0.05, 0) is 57.2 Å². The Kier molecular flexibility index (Phi) is 5.86. The molecule has 1 aromatic rings. The third-order valence-corrected chi connectivity index (χ3v) is 6.09. The van der Waals surface area contributed by atoms with Crippen molar-refractivity contribution in [2.75, 3.05) is 26.2 Å². The van der Waals surface area contributed by atoms with Crippen molar-refractivity contribution in [3.63, 3.8) is 0 Å². The number of nitrogens with one attached hydrogen (secondary N) is 2. The lowest BCUT2D eigenvalue weighted by Crippen LogP contribution is -2.46. The average molecular weight is 363 g/mol. The molecular weight excluding hydrogens is 338 g/mol. The fourth-order valence-corrected chi connectivity index (χ4v) is 4.36. The fourth-order valence-electron chi connectivity index (χ4n) is 3.49. The highest BCUT2D eigenvalue weighted by Gasteiger charge is 2.27. The van der Waals surface area contributed by atoms with Gasteiger partial charge in [0.05, 0.1) is 15.8 Å². The quantitative estimate of drug-likeness (QED) is 0.780. The number of carbonyl (C=O) groups excluding carboxylic acids is 3. The largest absolute Gasteiger partial charge is 0.354 e. The van der Waals surface area contributed by atoms with Gasteiger partial charge in [-0.25, -0.2) is 0 Å². The van der Waals surface area contributed by atoms with E-state index in [0.29, 0.717) is 22.8 Å². The van der Waals surface area contributed by atoms with Crippen molar-refractivity contribution in [1.82, 2.24) is 15.5 Å². The van der Waals surface area contributed by atoms with Gasteiger partial charge in [0.15, 0.2) is 5.78 Å². The molecule has 2 fully saturated rings. The summed E-state index contributed by atoms with van der Waals surface area (Å²) in [6, 6.07) is 3.40. The molecule has 2 N–H and O–H groups in total. The Morgan fingerprint density at radius 1 is 1.24 bits per heavy atom. The van der Waals surface area contributed by atoms with E-state index >= 15 is 0 Å². The van der Waals surface area contributed by atoms with E-state index in [1.54, 1.807) is 12.1 Å². The van der Waals surface area contributed by atoms with Crippen molar-refractivity contribution in [1.29, 1.82) is 0 Å². The zero-order chi connectivity index (χ0) is 17.8. The Bertz CT molecular complexity index is 652. The first-order valence-corrected chi connectivity index (χ1v) is 9.77. The summed E-state index contributed by atoms with van der Waals surface area (Å²) in [7, 11) is 0. The normalized spacial score (nSPS) is 23.5. The molecule has 136 valence electrons. The van der Waals surface area contributed by atoms with Crippen molar-refractivity contribution in [2.24, 2.45) is 5.92 Å². The number of ketones is 1. The summed E-state index contributed by atoms with van der Waals surface area (Å²) < 4.78 is 0. The van der Waals surface area contributed by atoms with Crippen molar-refractivity contribution >= 4 is 28.9 Å². The molecule has 2 unspecified atom stereocenters. The molecule has 0 spiro atoms. The smallest absolute Gasteiger partial charge is 0.263 e. The van der Waals surface area contributed by atoms with Crippen LogP contribution >= 0.6 is 11.3 Å². The van der Waals surface area contributed by atoms with E-state index in [9.17, 15) is 14.4 Å². The highest BCUT2D eigenvalue weighted by molar-refractivity contribution is 7.15. The third kappa shape index (κ3) is 4.46. The van der Waals surface area contributed by atoms with E-state index in [1.807, 2.05) is 4.90 Å². The maximum Gasteiger partial charge on any atom is 0.263 e. The minimum Gasteiger partial charge on any atom is -0.354 e. The van der Waals surface area contributed by atoms with E-state index < -0.39 is 0 Å². The Morgan fingerprint density at radius 3 is 2.72 bits per heavy atom. The minimum atomic E-state index is -0.0579. The number of hydrogen-bond acceptors (Lipinski definition) is 5. The van der Waals surface area contributed by atoms with Crippen LogP contribution < -0.4 is 10.6 Å². The van der Waals surface area contributed by atoms with Gasteiger partial charge in [-0.3, -0.25) is 14.4 Å². The van der Waals surface area contributed by atoms with Crippen LogP contribution in [0.3, 0.4) is 0 Å². The monoisotopic (exact) mass is 363 g/mol. The van der Waals surface area contributed by atoms with Crippen molar-refractivity contribution in [2.45, 2.75) is 38.6 Å². The van der Waals surface area contributed by atoms with E-state index in [4.69, 9.17) is 0 Å². The maximum absolute atomic E-state index is 12.7. The summed E-state index contributed by atoms with van der Waals surface area (Å²) >= 11 is 1.26. The zero-order valence-electron chi connectivity index (χ0n) is 14.5. The van der Waals surface area contributed by atoms with Crippen LogP contribution in [0.5, 0.6) is 0 Å². The molecule has 0 bridgehead atoms. The number of nitrogens with zero attached hydrogens (tertiary/aromatic N) is 1. The van der Waals surface area contributed by atoms with Gasteiger partial charge in [0.25, 0.3) is 5.91 Å². The van der Waals surface area contributed by atoms with Crippen LogP contribution in [0, 0.1) is 5.92 Å². The summed E-state index contributed by atoms with van der Waals surface area (Å²) in [6.45, 7) is 4.43. The molecule has 2 saturated heterocycles. The van der Waals surface area contributed by atoms with Gasteiger partial charge in [0, 0.05) is 19.6 Å². The van der Waals surface area contributed by atoms with Crippen LogP contribution in [0.1, 0.15) is 52.0 Å². The van der Waals surface area contributed by atoms with Gasteiger partial charge in [-0.15, -0.1) is 11.3 Å². The molecule has 3 rings (SSSR count). The van der Waals surface area contributed by atoms with E-state index in [0.717, 1.165) is 38.8 Å². The molecule has 0 saturated carbocycles. The SMILES string of the molecule is CC(=O)c1ccc(C(=O)N2CCCC(CNC(=O)C3CCCN3)C2)s1. The molecule has 7 heteroatoms. The van der Waals surface area contributed by atoms with Crippen LogP contribution in [-0.4, -0.2) is 54.7 Å². The molecule has 0 aromatic carbocycles. The van der Waals surface area contributed by atoms with E-state index in [1.165, 1.54) is 18.3 Å². The molecule has 2 aliphatic heterocycles. The van der Waals surface area contributed by atoms with Crippen LogP contribution in [0.4, 0.5) is 0 Å². The number of amides is 2. The van der Waals surface area contributed by atoms with Crippen molar-refractivity contribution in [3.05, 3.63) is 21.9 Å². The summed E-state index contributed by atoms with van der Waals surface area (Å²) in [5.74, 6) is 0.343. The first kappa shape index (κ1) is 18.1. The van der Waals surface area contributed by atoms with Crippen LogP contribution in [0.25, 0.3) is 0 Å². The maximum atomic E-state index is 12.7. The second-order valence-electron chi connectivity index (χ2n) is 6.87. The highest BCUT2D eigenvalue weighted by atomic mass is 32.1. The van der Waals surface area contributed by atoms with Crippen molar-refractivity contribution < 1.29 is 14.4 Å². The predicted octanol–water partition coefficient (Wildman–Crippen LogP) is 1.67. The number of piperidine rings is 1. The molecule has 0 radical (unpaired) electrons. The lowest BCUT2D eigenvalue weighted by molar-refractivity contribution is -0.123. The van der Waals surface area contributed by atoms with Crippen LogP contribution in [-0.2, 0) is 4.79 Å². The van der Waals surface area contributed by atoms with Gasteiger partial charge in [-0.1, -0.05) is 0 Å². The van der Waals surface area contributed by atoms with E-state index in [-0.39, 0.29) is 29.6 Å². The Balaban J connectivity index is 1.52. The van der Waals surface area contributed by atoms with Crippen LogP contribution in [0.15, 0.2) is 12.1 Å². The third-order valence-electron chi connectivity index (χ3n) is 4.91. The number of Topliss-reactive ketones (excluding diaryl/α,β-unsaturated/α-hetero) is 1. The topological polar surface area (TPSA) is 78.5 Å². The molecule has 0 aliphatic carbocycles. The van der Waals surface area contributed by atoms with Gasteiger partial charge < -0.3 is 15.5 Å². The molecule has 1 aromatic heterocycles. The zero-order valence-corrected chi connectivity index (χ0v) is 15.4. The molecule has 25 heavy (non-hydrogen) atoms. The molecular formula is C18H25N3O3S. The summed E-state index contributed by atoms with van der Waals surface area (Å²) in [4.78, 5) is 39.3. The fraction of sp³-hybridized carbons (Fsp3) is 0.611. The average Bonchev–Trinajstić information content (AvgIpc) is 3.30. The first-order chi connectivity index (χ1) is 12.0. The minimum absolute atomic E-state index is 0.00835. The second kappa shape index (κ2) is 8.10. The molecule has 6 nitrogen and oxygen atoms in total. The molecule has 2 amide bonds. The molecule has 2 atom stereocenters. The Labute approximate surface area is 152 Å². The molecule has 2 aliphatic rings.